The van der Waals surface area contributed by atoms with E-state index in [1.165, 1.54) is 25.3 Å². The van der Waals surface area contributed by atoms with E-state index in [4.69, 9.17) is 21.1 Å². The molecular formula is C25H27ClN2O5S. The van der Waals surface area contributed by atoms with Crippen LogP contribution in [0.2, 0.25) is 5.02 Å². The molecular weight excluding hydrogens is 476 g/mol. The number of halogens is 1. The lowest BCUT2D eigenvalue weighted by Gasteiger charge is -2.25. The largest absolute Gasteiger partial charge is 0.497 e. The van der Waals surface area contributed by atoms with Crippen LogP contribution >= 0.6 is 11.6 Å². The summed E-state index contributed by atoms with van der Waals surface area (Å²) in [5.41, 5.74) is 1.91. The summed E-state index contributed by atoms with van der Waals surface area (Å²) in [6.07, 6.45) is 0. The van der Waals surface area contributed by atoms with E-state index >= 15 is 0 Å². The second kappa shape index (κ2) is 10.8. The van der Waals surface area contributed by atoms with Crippen LogP contribution in [-0.4, -0.2) is 35.1 Å². The van der Waals surface area contributed by atoms with Crippen LogP contribution in [0.4, 0.5) is 5.69 Å². The van der Waals surface area contributed by atoms with E-state index in [1.54, 1.807) is 62.6 Å². The van der Waals surface area contributed by atoms with Gasteiger partial charge < -0.3 is 14.8 Å². The zero-order chi connectivity index (χ0) is 24.9. The Hall–Kier alpha value is -3.23. The van der Waals surface area contributed by atoms with Crippen LogP contribution in [0.15, 0.2) is 71.6 Å². The van der Waals surface area contributed by atoms with Gasteiger partial charge in [0.15, 0.2) is 0 Å². The van der Waals surface area contributed by atoms with Gasteiger partial charge in [-0.25, -0.2) is 8.42 Å². The number of sulfonamides is 1. The number of anilines is 1. The van der Waals surface area contributed by atoms with Crippen LogP contribution in [0.3, 0.4) is 0 Å². The third-order valence-electron chi connectivity index (χ3n) is 5.27. The third kappa shape index (κ3) is 5.81. The van der Waals surface area contributed by atoms with Gasteiger partial charge in [-0.05, 0) is 62.4 Å². The predicted octanol–water partition coefficient (Wildman–Crippen LogP) is 4.74. The fourth-order valence-electron chi connectivity index (χ4n) is 3.46. The average Bonchev–Trinajstić information content (AvgIpc) is 2.82. The Kier molecular flexibility index (Phi) is 8.06. The van der Waals surface area contributed by atoms with E-state index in [0.29, 0.717) is 22.1 Å². The van der Waals surface area contributed by atoms with Crippen molar-refractivity contribution in [1.29, 1.82) is 0 Å². The Labute approximate surface area is 205 Å². The molecule has 0 aliphatic heterocycles. The van der Waals surface area contributed by atoms with Crippen molar-refractivity contribution < 1.29 is 22.7 Å². The first kappa shape index (κ1) is 25.4. The van der Waals surface area contributed by atoms with E-state index in [2.05, 4.69) is 5.32 Å². The number of carbonyl (C=O) groups is 1. The zero-order valence-corrected chi connectivity index (χ0v) is 21.0. The molecule has 0 spiro atoms. The zero-order valence-electron chi connectivity index (χ0n) is 19.4. The molecule has 0 bridgehead atoms. The molecule has 0 aliphatic rings. The van der Waals surface area contributed by atoms with Crippen LogP contribution in [0.5, 0.6) is 11.5 Å². The minimum Gasteiger partial charge on any atom is -0.497 e. The molecule has 3 aromatic carbocycles. The van der Waals surface area contributed by atoms with Gasteiger partial charge in [-0.2, -0.15) is 0 Å². The summed E-state index contributed by atoms with van der Waals surface area (Å²) in [7, 11) is -0.952. The first-order valence-electron chi connectivity index (χ1n) is 10.5. The van der Waals surface area contributed by atoms with Crippen molar-refractivity contribution in [2.24, 2.45) is 0 Å². The van der Waals surface area contributed by atoms with Crippen molar-refractivity contribution >= 4 is 33.2 Å². The molecule has 1 atom stereocenters. The van der Waals surface area contributed by atoms with Gasteiger partial charge in [-0.1, -0.05) is 35.4 Å². The third-order valence-corrected chi connectivity index (χ3v) is 7.30. The molecule has 9 heteroatoms. The Morgan fingerprint density at radius 1 is 1.03 bits per heavy atom. The molecule has 7 nitrogen and oxygen atoms in total. The number of nitrogens with zero attached hydrogens (tertiary/aromatic N) is 1. The Balaban J connectivity index is 1.91. The molecule has 0 saturated heterocycles. The average molecular weight is 503 g/mol. The van der Waals surface area contributed by atoms with E-state index in [0.717, 1.165) is 9.87 Å². The quantitative estimate of drug-likeness (QED) is 0.457. The van der Waals surface area contributed by atoms with Crippen molar-refractivity contribution in [3.8, 4) is 11.5 Å². The van der Waals surface area contributed by atoms with Gasteiger partial charge in [-0.15, -0.1) is 0 Å². The summed E-state index contributed by atoms with van der Waals surface area (Å²) in [4.78, 5) is 13.1. The molecule has 0 radical (unpaired) electrons. The topological polar surface area (TPSA) is 84.9 Å². The SMILES string of the molecule is COc1ccc(OC)c([C@H](C)NC(=O)CN(c2cccc(Cl)c2)S(=O)(=O)c2ccc(C)cc2)c1. The molecule has 1 N–H and O–H groups in total. The van der Waals surface area contributed by atoms with Crippen LogP contribution in [0.25, 0.3) is 0 Å². The first-order valence-corrected chi connectivity index (χ1v) is 12.3. The van der Waals surface area contributed by atoms with Gasteiger partial charge in [0.2, 0.25) is 5.91 Å². The van der Waals surface area contributed by atoms with Crippen molar-refractivity contribution in [2.45, 2.75) is 24.8 Å². The van der Waals surface area contributed by atoms with Crippen LogP contribution in [0, 0.1) is 6.92 Å². The monoisotopic (exact) mass is 502 g/mol. The van der Waals surface area contributed by atoms with Gasteiger partial charge in [-0.3, -0.25) is 9.10 Å². The molecule has 0 heterocycles. The summed E-state index contributed by atoms with van der Waals surface area (Å²) in [6, 6.07) is 17.6. The molecule has 0 saturated carbocycles. The maximum absolute atomic E-state index is 13.5. The normalized spacial score (nSPS) is 12.0. The molecule has 3 aromatic rings. The minimum absolute atomic E-state index is 0.0772. The summed E-state index contributed by atoms with van der Waals surface area (Å²) in [5, 5.41) is 3.21. The van der Waals surface area contributed by atoms with E-state index in [1.807, 2.05) is 6.92 Å². The number of aryl methyl sites for hydroxylation is 1. The number of amides is 1. The fraction of sp³-hybridized carbons (Fsp3) is 0.240. The van der Waals surface area contributed by atoms with Crippen LogP contribution in [-0.2, 0) is 14.8 Å². The van der Waals surface area contributed by atoms with Gasteiger partial charge in [0.25, 0.3) is 10.0 Å². The number of hydrogen-bond acceptors (Lipinski definition) is 5. The predicted molar refractivity (Wildman–Crippen MR) is 133 cm³/mol. The van der Waals surface area contributed by atoms with Gasteiger partial charge >= 0.3 is 0 Å². The molecule has 34 heavy (non-hydrogen) atoms. The molecule has 180 valence electrons. The van der Waals surface area contributed by atoms with Crippen molar-refractivity contribution in [3.63, 3.8) is 0 Å². The second-order valence-electron chi connectivity index (χ2n) is 7.70. The minimum atomic E-state index is -4.04. The van der Waals surface area contributed by atoms with Gasteiger partial charge in [0.05, 0.1) is 30.8 Å². The highest BCUT2D eigenvalue weighted by Gasteiger charge is 2.28. The lowest BCUT2D eigenvalue weighted by Crippen LogP contribution is -2.41. The van der Waals surface area contributed by atoms with Crippen molar-refractivity contribution in [1.82, 2.24) is 5.32 Å². The van der Waals surface area contributed by atoms with Crippen molar-refractivity contribution in [3.05, 3.63) is 82.9 Å². The highest BCUT2D eigenvalue weighted by atomic mass is 35.5. The van der Waals surface area contributed by atoms with Gasteiger partial charge in [0, 0.05) is 10.6 Å². The lowest BCUT2D eigenvalue weighted by atomic mass is 10.1. The summed E-state index contributed by atoms with van der Waals surface area (Å²) < 4.78 is 38.7. The number of benzene rings is 3. The van der Waals surface area contributed by atoms with Crippen LogP contribution in [0.1, 0.15) is 24.1 Å². The Bertz CT molecular complexity index is 1260. The highest BCUT2D eigenvalue weighted by molar-refractivity contribution is 7.92. The van der Waals surface area contributed by atoms with Crippen molar-refractivity contribution in [2.75, 3.05) is 25.1 Å². The highest BCUT2D eigenvalue weighted by Crippen LogP contribution is 2.30. The number of hydrogen-bond donors (Lipinski definition) is 1. The fourth-order valence-corrected chi connectivity index (χ4v) is 5.05. The second-order valence-corrected chi connectivity index (χ2v) is 10.0. The van der Waals surface area contributed by atoms with E-state index in [-0.39, 0.29) is 10.6 Å². The molecule has 0 fully saturated rings. The molecule has 0 unspecified atom stereocenters. The molecule has 0 aliphatic carbocycles. The maximum Gasteiger partial charge on any atom is 0.264 e. The van der Waals surface area contributed by atoms with E-state index < -0.39 is 28.5 Å². The molecule has 1 amide bonds. The van der Waals surface area contributed by atoms with Crippen LogP contribution < -0.4 is 19.1 Å². The number of rotatable bonds is 9. The summed E-state index contributed by atoms with van der Waals surface area (Å²) in [5.74, 6) is 0.694. The number of nitrogens with one attached hydrogen (secondary N) is 1. The Morgan fingerprint density at radius 3 is 2.35 bits per heavy atom. The van der Waals surface area contributed by atoms with E-state index in [9.17, 15) is 13.2 Å². The smallest absolute Gasteiger partial charge is 0.264 e. The van der Waals surface area contributed by atoms with Gasteiger partial charge in [0.1, 0.15) is 18.0 Å². The standard InChI is InChI=1S/C25H27ClN2O5S/c1-17-8-11-22(12-9-17)34(30,31)28(20-7-5-6-19(26)14-20)16-25(29)27-18(2)23-15-21(32-3)10-13-24(23)33-4/h5-15,18H,16H2,1-4H3,(H,27,29)/t18-/m0/s1. The molecule has 0 aromatic heterocycles. The first-order chi connectivity index (χ1) is 16.1. The summed E-state index contributed by atoms with van der Waals surface area (Å²) in [6.45, 7) is 3.22. The molecule has 3 rings (SSSR count). The number of methoxy groups -OCH3 is 2. The Morgan fingerprint density at radius 2 is 1.74 bits per heavy atom. The summed E-state index contributed by atoms with van der Waals surface area (Å²) >= 11 is 6.12. The maximum atomic E-state index is 13.5. The number of carbonyl (C=O) groups excluding carboxylic acids is 1. The number of ether oxygens (including phenoxy) is 2. The lowest BCUT2D eigenvalue weighted by molar-refractivity contribution is -0.120.